The number of nitrogens with zero attached hydrogens (tertiary/aromatic N) is 1. The summed E-state index contributed by atoms with van der Waals surface area (Å²) in [5.74, 6) is 0.436. The van der Waals surface area contributed by atoms with E-state index in [0.717, 1.165) is 18.2 Å². The zero-order valence-corrected chi connectivity index (χ0v) is 20.1. The molecule has 1 atom stereocenters. The first-order chi connectivity index (χ1) is 16.5. The SMILES string of the molecule is CN1CC[C@@H](Oc2cc(NS(=O)(=O)c3ccc(Oc4ccccc4)cc3Cl)ccc2C(F)(F)F)C1. The molecule has 0 spiro atoms. The molecule has 0 saturated carbocycles. The number of hydrogen-bond acceptors (Lipinski definition) is 5. The number of likely N-dealkylation sites (tertiary alicyclic amines) is 1. The number of rotatable bonds is 7. The summed E-state index contributed by atoms with van der Waals surface area (Å²) in [6, 6.07) is 15.8. The highest BCUT2D eigenvalue weighted by molar-refractivity contribution is 7.92. The van der Waals surface area contributed by atoms with Crippen molar-refractivity contribution < 1.29 is 31.1 Å². The molecule has 1 heterocycles. The van der Waals surface area contributed by atoms with Crippen LogP contribution in [0.1, 0.15) is 12.0 Å². The van der Waals surface area contributed by atoms with Gasteiger partial charge in [0.15, 0.2) is 0 Å². The Morgan fingerprint density at radius 1 is 1.03 bits per heavy atom. The van der Waals surface area contributed by atoms with E-state index in [1.807, 2.05) is 18.0 Å². The third kappa shape index (κ3) is 6.19. The van der Waals surface area contributed by atoms with Crippen LogP contribution >= 0.6 is 11.6 Å². The van der Waals surface area contributed by atoms with Crippen molar-refractivity contribution in [2.24, 2.45) is 0 Å². The van der Waals surface area contributed by atoms with Gasteiger partial charge in [0.1, 0.15) is 28.2 Å². The Bertz CT molecular complexity index is 1300. The lowest BCUT2D eigenvalue weighted by molar-refractivity contribution is -0.139. The molecule has 35 heavy (non-hydrogen) atoms. The van der Waals surface area contributed by atoms with E-state index in [-0.39, 0.29) is 15.6 Å². The largest absolute Gasteiger partial charge is 0.488 e. The summed E-state index contributed by atoms with van der Waals surface area (Å²) in [4.78, 5) is 1.69. The zero-order valence-electron chi connectivity index (χ0n) is 18.5. The second-order valence-electron chi connectivity index (χ2n) is 8.11. The van der Waals surface area contributed by atoms with Gasteiger partial charge in [-0.05, 0) is 49.9 Å². The predicted octanol–water partition coefficient (Wildman–Crippen LogP) is 6.03. The van der Waals surface area contributed by atoms with E-state index in [4.69, 9.17) is 21.1 Å². The van der Waals surface area contributed by atoms with Gasteiger partial charge in [0.05, 0.1) is 16.3 Å². The average Bonchev–Trinajstić information content (AvgIpc) is 3.18. The van der Waals surface area contributed by atoms with Gasteiger partial charge in [-0.3, -0.25) is 4.72 Å². The molecule has 186 valence electrons. The van der Waals surface area contributed by atoms with Gasteiger partial charge in [-0.15, -0.1) is 0 Å². The monoisotopic (exact) mass is 526 g/mol. The molecule has 1 fully saturated rings. The molecule has 6 nitrogen and oxygen atoms in total. The second-order valence-corrected chi connectivity index (χ2v) is 10.2. The van der Waals surface area contributed by atoms with Crippen molar-refractivity contribution in [3.63, 3.8) is 0 Å². The minimum atomic E-state index is -4.66. The van der Waals surface area contributed by atoms with Crippen molar-refractivity contribution in [3.05, 3.63) is 77.3 Å². The van der Waals surface area contributed by atoms with Crippen molar-refractivity contribution in [2.45, 2.75) is 23.6 Å². The first-order valence-corrected chi connectivity index (χ1v) is 12.5. The highest BCUT2D eigenvalue weighted by atomic mass is 35.5. The quantitative estimate of drug-likeness (QED) is 0.407. The smallest absolute Gasteiger partial charge is 0.419 e. The van der Waals surface area contributed by atoms with Crippen LogP contribution in [0.3, 0.4) is 0 Å². The molecule has 1 N–H and O–H groups in total. The summed E-state index contributed by atoms with van der Waals surface area (Å²) in [5, 5.41) is -0.108. The van der Waals surface area contributed by atoms with Crippen LogP contribution in [0, 0.1) is 0 Å². The highest BCUT2D eigenvalue weighted by Crippen LogP contribution is 2.39. The maximum Gasteiger partial charge on any atom is 0.419 e. The van der Waals surface area contributed by atoms with Gasteiger partial charge in [-0.2, -0.15) is 13.2 Å². The van der Waals surface area contributed by atoms with Crippen molar-refractivity contribution in [1.82, 2.24) is 4.90 Å². The number of hydrogen-bond donors (Lipinski definition) is 1. The lowest BCUT2D eigenvalue weighted by Crippen LogP contribution is -2.23. The summed E-state index contributed by atoms with van der Waals surface area (Å²) in [7, 11) is -2.37. The lowest BCUT2D eigenvalue weighted by atomic mass is 10.1. The maximum absolute atomic E-state index is 13.5. The molecule has 0 aromatic heterocycles. The van der Waals surface area contributed by atoms with Gasteiger partial charge in [-0.1, -0.05) is 29.8 Å². The molecule has 3 aromatic carbocycles. The fraction of sp³-hybridized carbons (Fsp3) is 0.250. The van der Waals surface area contributed by atoms with Gasteiger partial charge in [-0.25, -0.2) is 8.42 Å². The molecule has 0 bridgehead atoms. The van der Waals surface area contributed by atoms with E-state index in [1.165, 1.54) is 18.2 Å². The minimum absolute atomic E-state index is 0.0833. The van der Waals surface area contributed by atoms with Crippen LogP contribution in [0.5, 0.6) is 17.2 Å². The highest BCUT2D eigenvalue weighted by Gasteiger charge is 2.36. The lowest BCUT2D eigenvalue weighted by Gasteiger charge is -2.19. The molecule has 3 aromatic rings. The molecule has 1 aliphatic rings. The summed E-state index contributed by atoms with van der Waals surface area (Å²) in [6.45, 7) is 1.17. The Morgan fingerprint density at radius 3 is 2.40 bits per heavy atom. The number of alkyl halides is 3. The summed E-state index contributed by atoms with van der Waals surface area (Å²) < 4.78 is 80.1. The van der Waals surface area contributed by atoms with E-state index in [1.54, 1.807) is 24.3 Å². The molecule has 0 amide bonds. The number of para-hydroxylation sites is 1. The Labute approximate surface area is 206 Å². The van der Waals surface area contributed by atoms with Crippen LogP contribution in [-0.2, 0) is 16.2 Å². The van der Waals surface area contributed by atoms with Gasteiger partial charge in [0.2, 0.25) is 0 Å². The summed E-state index contributed by atoms with van der Waals surface area (Å²) in [5.41, 5.74) is -1.06. The van der Waals surface area contributed by atoms with Gasteiger partial charge >= 0.3 is 6.18 Å². The number of likely N-dealkylation sites (N-methyl/N-ethyl adjacent to an activating group) is 1. The molecule has 0 unspecified atom stereocenters. The Kier molecular flexibility index (Phi) is 7.16. The summed E-state index contributed by atoms with van der Waals surface area (Å²) >= 11 is 6.21. The molecular weight excluding hydrogens is 505 g/mol. The van der Waals surface area contributed by atoms with Crippen molar-refractivity contribution in [3.8, 4) is 17.2 Å². The van der Waals surface area contributed by atoms with Crippen molar-refractivity contribution in [2.75, 3.05) is 24.9 Å². The predicted molar refractivity (Wildman–Crippen MR) is 127 cm³/mol. The second kappa shape index (κ2) is 9.96. The fourth-order valence-corrected chi connectivity index (χ4v) is 5.27. The van der Waals surface area contributed by atoms with Gasteiger partial charge < -0.3 is 14.4 Å². The number of halogens is 4. The minimum Gasteiger partial charge on any atom is -0.488 e. The Balaban J connectivity index is 1.57. The van der Waals surface area contributed by atoms with Gasteiger partial charge in [0, 0.05) is 25.2 Å². The van der Waals surface area contributed by atoms with Crippen molar-refractivity contribution >= 4 is 27.3 Å². The van der Waals surface area contributed by atoms with Crippen LogP contribution in [-0.4, -0.2) is 39.6 Å². The van der Waals surface area contributed by atoms with E-state index in [9.17, 15) is 21.6 Å². The maximum atomic E-state index is 13.5. The third-order valence-electron chi connectivity index (χ3n) is 5.35. The fourth-order valence-electron chi connectivity index (χ4n) is 3.69. The molecule has 11 heteroatoms. The number of anilines is 1. The molecule has 4 rings (SSSR count). The van der Waals surface area contributed by atoms with Crippen LogP contribution in [0.15, 0.2) is 71.6 Å². The average molecular weight is 527 g/mol. The molecule has 1 saturated heterocycles. The number of benzene rings is 3. The first kappa shape index (κ1) is 25.2. The van der Waals surface area contributed by atoms with E-state index < -0.39 is 33.6 Å². The number of sulfonamides is 1. The third-order valence-corrected chi connectivity index (χ3v) is 7.22. The summed E-state index contributed by atoms with van der Waals surface area (Å²) in [6.07, 6.45) is -4.52. The van der Waals surface area contributed by atoms with Crippen LogP contribution in [0.25, 0.3) is 0 Å². The molecule has 1 aliphatic heterocycles. The molecular formula is C24H22ClF3N2O4S. The Hall–Kier alpha value is -2.95. The van der Waals surface area contributed by atoms with Crippen LogP contribution in [0.2, 0.25) is 5.02 Å². The van der Waals surface area contributed by atoms with Crippen LogP contribution in [0.4, 0.5) is 18.9 Å². The first-order valence-electron chi connectivity index (χ1n) is 10.6. The van der Waals surface area contributed by atoms with Crippen molar-refractivity contribution in [1.29, 1.82) is 0 Å². The van der Waals surface area contributed by atoms with Crippen LogP contribution < -0.4 is 14.2 Å². The molecule has 0 aliphatic carbocycles. The zero-order chi connectivity index (χ0) is 25.2. The van der Waals surface area contributed by atoms with E-state index in [0.29, 0.717) is 31.0 Å². The Morgan fingerprint density at radius 2 is 1.77 bits per heavy atom. The molecule has 0 radical (unpaired) electrons. The normalized spacial score (nSPS) is 16.8. The van der Waals surface area contributed by atoms with E-state index in [2.05, 4.69) is 4.72 Å². The number of nitrogens with one attached hydrogen (secondary N) is 1. The topological polar surface area (TPSA) is 67.9 Å². The number of ether oxygens (including phenoxy) is 2. The standard InChI is InChI=1S/C24H22ClF3N2O4S/c1-30-12-11-19(15-30)34-22-13-16(7-9-20(22)24(26,27)28)29-35(31,32)23-10-8-18(14-21(23)25)33-17-5-3-2-4-6-17/h2-10,13-14,19,29H,11-12,15H2,1H3/t19-/m1/s1. The van der Waals surface area contributed by atoms with E-state index >= 15 is 0 Å². The van der Waals surface area contributed by atoms with Gasteiger partial charge in [0.25, 0.3) is 10.0 Å².